The van der Waals surface area contributed by atoms with Crippen molar-refractivity contribution in [2.24, 2.45) is 0 Å². The lowest BCUT2D eigenvalue weighted by atomic mass is 10.0. The molecule has 0 atom stereocenters. The minimum absolute atomic E-state index is 1.29. The van der Waals surface area contributed by atoms with Crippen LogP contribution >= 0.6 is 11.8 Å². The van der Waals surface area contributed by atoms with Gasteiger partial charge in [0.25, 0.3) is 0 Å². The van der Waals surface area contributed by atoms with Crippen LogP contribution in [-0.2, 0) is 0 Å². The van der Waals surface area contributed by atoms with E-state index >= 15 is 0 Å². The van der Waals surface area contributed by atoms with Gasteiger partial charge in [-0.3, -0.25) is 0 Å². The Labute approximate surface area is 118 Å². The molecule has 0 fully saturated rings. The monoisotopic (exact) mass is 264 g/mol. The largest absolute Gasteiger partial charge is 0.0898 e. The molecule has 0 radical (unpaired) electrons. The standard InChI is InChI=1S/C18H16S/c1-13-12-18(19-15-8-4-3-5-9-15)14(2)17-11-7-6-10-16(13)17/h3-12H,1-2H3. The van der Waals surface area contributed by atoms with Crippen LogP contribution in [0.15, 0.2) is 70.5 Å². The fraction of sp³-hybridized carbons (Fsp3) is 0.111. The molecule has 94 valence electrons. The van der Waals surface area contributed by atoms with Crippen LogP contribution in [0.4, 0.5) is 0 Å². The summed E-state index contributed by atoms with van der Waals surface area (Å²) in [6.07, 6.45) is 0. The molecule has 3 aromatic rings. The van der Waals surface area contributed by atoms with Crippen LogP contribution in [0.2, 0.25) is 0 Å². The first-order chi connectivity index (χ1) is 9.25. The number of rotatable bonds is 2. The summed E-state index contributed by atoms with van der Waals surface area (Å²) in [6.45, 7) is 4.41. The Hall–Kier alpha value is -1.73. The van der Waals surface area contributed by atoms with Gasteiger partial charge in [-0.25, -0.2) is 0 Å². The first-order valence-corrected chi connectivity index (χ1v) is 7.29. The third-order valence-electron chi connectivity index (χ3n) is 3.44. The van der Waals surface area contributed by atoms with Crippen LogP contribution in [0.1, 0.15) is 11.1 Å². The van der Waals surface area contributed by atoms with Crippen LogP contribution < -0.4 is 0 Å². The molecule has 19 heavy (non-hydrogen) atoms. The smallest absolute Gasteiger partial charge is 0.0160 e. The summed E-state index contributed by atoms with van der Waals surface area (Å²) in [5, 5.41) is 2.72. The van der Waals surface area contributed by atoms with E-state index in [-0.39, 0.29) is 0 Å². The Kier molecular flexibility index (Phi) is 3.31. The molecule has 0 aliphatic heterocycles. The van der Waals surface area contributed by atoms with Gasteiger partial charge in [0, 0.05) is 9.79 Å². The van der Waals surface area contributed by atoms with Crippen molar-refractivity contribution in [1.82, 2.24) is 0 Å². The molecule has 0 spiro atoms. The zero-order chi connectivity index (χ0) is 13.2. The zero-order valence-corrected chi connectivity index (χ0v) is 12.0. The predicted molar refractivity (Wildman–Crippen MR) is 84.0 cm³/mol. The van der Waals surface area contributed by atoms with E-state index in [1.54, 1.807) is 0 Å². The summed E-state index contributed by atoms with van der Waals surface area (Å²) in [4.78, 5) is 2.64. The van der Waals surface area contributed by atoms with Gasteiger partial charge in [-0.2, -0.15) is 0 Å². The highest BCUT2D eigenvalue weighted by atomic mass is 32.2. The Balaban J connectivity index is 2.12. The van der Waals surface area contributed by atoms with E-state index in [0.29, 0.717) is 0 Å². The lowest BCUT2D eigenvalue weighted by Crippen LogP contribution is -1.87. The molecular weight excluding hydrogens is 248 g/mol. The third kappa shape index (κ3) is 2.39. The second-order valence-corrected chi connectivity index (χ2v) is 5.89. The van der Waals surface area contributed by atoms with Gasteiger partial charge in [0.05, 0.1) is 0 Å². The van der Waals surface area contributed by atoms with Crippen molar-refractivity contribution in [1.29, 1.82) is 0 Å². The van der Waals surface area contributed by atoms with E-state index in [0.717, 1.165) is 0 Å². The van der Waals surface area contributed by atoms with Crippen molar-refractivity contribution in [3.8, 4) is 0 Å². The molecule has 0 bridgehead atoms. The maximum atomic E-state index is 2.30. The summed E-state index contributed by atoms with van der Waals surface area (Å²) in [6, 6.07) is 21.5. The number of aryl methyl sites for hydroxylation is 2. The second-order valence-electron chi connectivity index (χ2n) is 4.78. The molecule has 0 aromatic heterocycles. The van der Waals surface area contributed by atoms with Crippen LogP contribution in [0.25, 0.3) is 10.8 Å². The molecule has 0 saturated carbocycles. The Morgan fingerprint density at radius 3 is 2.11 bits per heavy atom. The van der Waals surface area contributed by atoms with Gasteiger partial charge < -0.3 is 0 Å². The maximum Gasteiger partial charge on any atom is 0.0160 e. The van der Waals surface area contributed by atoms with E-state index in [1.165, 1.54) is 31.7 Å². The fourth-order valence-electron chi connectivity index (χ4n) is 2.39. The molecule has 0 amide bonds. The molecule has 3 rings (SSSR count). The maximum absolute atomic E-state index is 2.30. The summed E-state index contributed by atoms with van der Waals surface area (Å²) in [5.41, 5.74) is 2.72. The number of fused-ring (bicyclic) bond motifs is 1. The van der Waals surface area contributed by atoms with Crippen molar-refractivity contribution in [3.63, 3.8) is 0 Å². The van der Waals surface area contributed by atoms with Crippen LogP contribution in [-0.4, -0.2) is 0 Å². The lowest BCUT2D eigenvalue weighted by Gasteiger charge is -2.11. The highest BCUT2D eigenvalue weighted by Crippen LogP contribution is 2.35. The number of hydrogen-bond acceptors (Lipinski definition) is 1. The van der Waals surface area contributed by atoms with E-state index in [4.69, 9.17) is 0 Å². The highest BCUT2D eigenvalue weighted by molar-refractivity contribution is 7.99. The molecule has 0 N–H and O–H groups in total. The summed E-state index contributed by atoms with van der Waals surface area (Å²) in [7, 11) is 0. The normalized spacial score (nSPS) is 10.8. The average molecular weight is 264 g/mol. The van der Waals surface area contributed by atoms with E-state index in [2.05, 4.69) is 74.5 Å². The summed E-state index contributed by atoms with van der Waals surface area (Å²) < 4.78 is 0. The van der Waals surface area contributed by atoms with Crippen LogP contribution in [0, 0.1) is 13.8 Å². The van der Waals surface area contributed by atoms with Crippen molar-refractivity contribution in [2.45, 2.75) is 23.6 Å². The van der Waals surface area contributed by atoms with Gasteiger partial charge in [0.2, 0.25) is 0 Å². The van der Waals surface area contributed by atoms with Gasteiger partial charge in [-0.15, -0.1) is 0 Å². The topological polar surface area (TPSA) is 0 Å². The predicted octanol–water partition coefficient (Wildman–Crippen LogP) is 5.61. The molecule has 0 aliphatic rings. The quantitative estimate of drug-likeness (QED) is 0.580. The minimum atomic E-state index is 1.29. The van der Waals surface area contributed by atoms with Crippen molar-refractivity contribution in [2.75, 3.05) is 0 Å². The van der Waals surface area contributed by atoms with E-state index in [1.807, 2.05) is 11.8 Å². The fourth-order valence-corrected chi connectivity index (χ4v) is 3.44. The SMILES string of the molecule is Cc1cc(Sc2ccccc2)c(C)c2ccccc12. The Bertz CT molecular complexity index is 714. The lowest BCUT2D eigenvalue weighted by molar-refractivity contribution is 1.30. The van der Waals surface area contributed by atoms with Gasteiger partial charge in [0.15, 0.2) is 0 Å². The van der Waals surface area contributed by atoms with Crippen molar-refractivity contribution in [3.05, 3.63) is 71.8 Å². The Morgan fingerprint density at radius 2 is 1.37 bits per heavy atom. The molecule has 0 heterocycles. The molecule has 0 saturated heterocycles. The van der Waals surface area contributed by atoms with E-state index in [9.17, 15) is 0 Å². The number of benzene rings is 3. The minimum Gasteiger partial charge on any atom is -0.0898 e. The molecule has 1 heteroatoms. The van der Waals surface area contributed by atoms with Crippen molar-refractivity contribution < 1.29 is 0 Å². The number of hydrogen-bond donors (Lipinski definition) is 0. The first-order valence-electron chi connectivity index (χ1n) is 6.47. The first kappa shape index (κ1) is 12.3. The van der Waals surface area contributed by atoms with Crippen molar-refractivity contribution >= 4 is 22.5 Å². The molecule has 3 aromatic carbocycles. The second kappa shape index (κ2) is 5.10. The molecule has 0 nitrogen and oxygen atoms in total. The Morgan fingerprint density at radius 1 is 0.737 bits per heavy atom. The average Bonchev–Trinajstić information content (AvgIpc) is 2.46. The van der Waals surface area contributed by atoms with Gasteiger partial charge in [-0.05, 0) is 53.9 Å². The van der Waals surface area contributed by atoms with Crippen LogP contribution in [0.5, 0.6) is 0 Å². The third-order valence-corrected chi connectivity index (χ3v) is 4.60. The van der Waals surface area contributed by atoms with E-state index < -0.39 is 0 Å². The van der Waals surface area contributed by atoms with Gasteiger partial charge >= 0.3 is 0 Å². The van der Waals surface area contributed by atoms with Gasteiger partial charge in [-0.1, -0.05) is 54.2 Å². The summed E-state index contributed by atoms with van der Waals surface area (Å²) in [5.74, 6) is 0. The summed E-state index contributed by atoms with van der Waals surface area (Å²) >= 11 is 1.84. The van der Waals surface area contributed by atoms with Gasteiger partial charge in [0.1, 0.15) is 0 Å². The van der Waals surface area contributed by atoms with Crippen LogP contribution in [0.3, 0.4) is 0 Å². The highest BCUT2D eigenvalue weighted by Gasteiger charge is 2.07. The molecule has 0 unspecified atom stereocenters. The zero-order valence-electron chi connectivity index (χ0n) is 11.2. The molecule has 0 aliphatic carbocycles. The molecular formula is C18H16S.